The van der Waals surface area contributed by atoms with Crippen LogP contribution in [-0.2, 0) is 19.1 Å². The fraction of sp³-hybridized carbons (Fsp3) is 0.905. The van der Waals surface area contributed by atoms with Crippen LogP contribution in [0.4, 0.5) is 0 Å². The van der Waals surface area contributed by atoms with E-state index in [2.05, 4.69) is 6.92 Å². The molecule has 0 aromatic rings. The van der Waals surface area contributed by atoms with Crippen molar-refractivity contribution in [1.29, 1.82) is 0 Å². The standard InChI is InChI=1S/C21H32O4/c1-4-14(5-2)17(22)24-16-12-19-11-15(21(16,19)13-19)18(23)25-20(6-3)9-7-8-10-20/h14-16H,4-13H2,1-3H3. The van der Waals surface area contributed by atoms with Gasteiger partial charge in [0.25, 0.3) is 0 Å². The highest BCUT2D eigenvalue weighted by Gasteiger charge is 2.91. The van der Waals surface area contributed by atoms with Crippen molar-refractivity contribution < 1.29 is 19.1 Å². The quantitative estimate of drug-likeness (QED) is 0.640. The van der Waals surface area contributed by atoms with Crippen molar-refractivity contribution in [3.63, 3.8) is 0 Å². The molecule has 4 atom stereocenters. The van der Waals surface area contributed by atoms with Crippen molar-refractivity contribution in [2.75, 3.05) is 0 Å². The lowest BCUT2D eigenvalue weighted by Gasteiger charge is -2.55. The van der Waals surface area contributed by atoms with Crippen LogP contribution in [0.15, 0.2) is 0 Å². The summed E-state index contributed by atoms with van der Waals surface area (Å²) in [5.74, 6) is -0.118. The monoisotopic (exact) mass is 348 g/mol. The number of esters is 2. The summed E-state index contributed by atoms with van der Waals surface area (Å²) in [4.78, 5) is 25.2. The van der Waals surface area contributed by atoms with Crippen molar-refractivity contribution in [3.8, 4) is 0 Å². The number of hydrogen-bond donors (Lipinski definition) is 0. The zero-order valence-electron chi connectivity index (χ0n) is 15.9. The Hall–Kier alpha value is -1.06. The van der Waals surface area contributed by atoms with Crippen LogP contribution in [0.5, 0.6) is 0 Å². The van der Waals surface area contributed by atoms with Gasteiger partial charge in [0, 0.05) is 5.41 Å². The van der Waals surface area contributed by atoms with Crippen LogP contribution in [-0.4, -0.2) is 23.6 Å². The van der Waals surface area contributed by atoms with Crippen molar-refractivity contribution >= 4 is 11.9 Å². The molecule has 0 bridgehead atoms. The Morgan fingerprint density at radius 2 is 1.76 bits per heavy atom. The fourth-order valence-electron chi connectivity index (χ4n) is 6.27. The maximum Gasteiger partial charge on any atom is 0.310 e. The summed E-state index contributed by atoms with van der Waals surface area (Å²) < 4.78 is 11.9. The third kappa shape index (κ3) is 2.24. The van der Waals surface area contributed by atoms with Gasteiger partial charge < -0.3 is 9.47 Å². The summed E-state index contributed by atoms with van der Waals surface area (Å²) in [6.07, 6.45) is 9.82. The highest BCUT2D eigenvalue weighted by molar-refractivity contribution is 5.79. The highest BCUT2D eigenvalue weighted by atomic mass is 16.6. The summed E-state index contributed by atoms with van der Waals surface area (Å²) in [6.45, 7) is 6.19. The van der Waals surface area contributed by atoms with Crippen LogP contribution in [0, 0.1) is 22.7 Å². The first-order chi connectivity index (χ1) is 12.0. The molecule has 4 saturated carbocycles. The van der Waals surface area contributed by atoms with Gasteiger partial charge in [-0.3, -0.25) is 9.59 Å². The van der Waals surface area contributed by atoms with Gasteiger partial charge in [-0.1, -0.05) is 20.8 Å². The normalized spacial score (nSPS) is 39.7. The SMILES string of the molecule is CCC(CC)C(=O)OC1CC23CC(C(=O)OC4(CC)CCCC4)C12C3. The van der Waals surface area contributed by atoms with Crippen molar-refractivity contribution in [3.05, 3.63) is 0 Å². The number of hydrogen-bond acceptors (Lipinski definition) is 4. The first kappa shape index (κ1) is 17.4. The molecule has 0 aliphatic heterocycles. The van der Waals surface area contributed by atoms with E-state index in [9.17, 15) is 9.59 Å². The molecule has 4 aliphatic rings. The van der Waals surface area contributed by atoms with Gasteiger partial charge in [0.15, 0.2) is 0 Å². The molecule has 4 unspecified atom stereocenters. The van der Waals surface area contributed by atoms with Gasteiger partial charge in [-0.05, 0) is 69.6 Å². The van der Waals surface area contributed by atoms with E-state index in [0.29, 0.717) is 5.41 Å². The Balaban J connectivity index is 1.39. The van der Waals surface area contributed by atoms with E-state index in [1.54, 1.807) is 0 Å². The van der Waals surface area contributed by atoms with Gasteiger partial charge in [0.05, 0.1) is 11.8 Å². The van der Waals surface area contributed by atoms with E-state index < -0.39 is 0 Å². The van der Waals surface area contributed by atoms with E-state index >= 15 is 0 Å². The third-order valence-corrected chi connectivity index (χ3v) is 8.20. The molecule has 4 aliphatic carbocycles. The second kappa shape index (κ2) is 5.72. The molecule has 0 heterocycles. The topological polar surface area (TPSA) is 52.6 Å². The molecule has 140 valence electrons. The Labute approximate surface area is 151 Å². The summed E-state index contributed by atoms with van der Waals surface area (Å²) in [5, 5.41) is 0. The minimum absolute atomic E-state index is 0.00234. The molecular weight excluding hydrogens is 316 g/mol. The van der Waals surface area contributed by atoms with Crippen LogP contribution in [0.2, 0.25) is 0 Å². The predicted molar refractivity (Wildman–Crippen MR) is 93.7 cm³/mol. The smallest absolute Gasteiger partial charge is 0.310 e. The van der Waals surface area contributed by atoms with Gasteiger partial charge in [0.2, 0.25) is 0 Å². The number of rotatable bonds is 7. The molecule has 0 amide bonds. The molecule has 0 radical (unpaired) electrons. The van der Waals surface area contributed by atoms with Gasteiger partial charge in [-0.2, -0.15) is 0 Å². The lowest BCUT2D eigenvalue weighted by Crippen LogP contribution is -2.60. The van der Waals surface area contributed by atoms with Crippen LogP contribution in [0.25, 0.3) is 0 Å². The van der Waals surface area contributed by atoms with E-state index in [1.807, 2.05) is 13.8 Å². The van der Waals surface area contributed by atoms with E-state index in [0.717, 1.165) is 64.2 Å². The lowest BCUT2D eigenvalue weighted by molar-refractivity contribution is -0.211. The molecule has 0 aromatic heterocycles. The van der Waals surface area contributed by atoms with Crippen LogP contribution < -0.4 is 0 Å². The molecule has 0 saturated heterocycles. The fourth-order valence-corrected chi connectivity index (χ4v) is 6.27. The summed E-state index contributed by atoms with van der Waals surface area (Å²) in [7, 11) is 0. The summed E-state index contributed by atoms with van der Waals surface area (Å²) in [6, 6.07) is 0. The maximum absolute atomic E-state index is 12.9. The van der Waals surface area contributed by atoms with E-state index in [1.165, 1.54) is 0 Å². The van der Waals surface area contributed by atoms with Gasteiger partial charge in [-0.25, -0.2) is 0 Å². The molecule has 0 spiro atoms. The van der Waals surface area contributed by atoms with E-state index in [4.69, 9.17) is 9.47 Å². The second-order valence-electron chi connectivity index (χ2n) is 9.06. The second-order valence-corrected chi connectivity index (χ2v) is 9.06. The largest absolute Gasteiger partial charge is 0.461 e. The Morgan fingerprint density at radius 1 is 1.08 bits per heavy atom. The number of carbonyl (C=O) groups excluding carboxylic acids is 2. The average Bonchev–Trinajstić information content (AvgIpc) is 3.00. The number of carbonyl (C=O) groups is 2. The van der Waals surface area contributed by atoms with Crippen molar-refractivity contribution in [1.82, 2.24) is 0 Å². The minimum atomic E-state index is -0.216. The molecule has 25 heavy (non-hydrogen) atoms. The molecule has 4 fully saturated rings. The van der Waals surface area contributed by atoms with Crippen LogP contribution in [0.3, 0.4) is 0 Å². The van der Waals surface area contributed by atoms with Gasteiger partial charge in [-0.15, -0.1) is 0 Å². The Bertz CT molecular complexity index is 574. The molecule has 4 heteroatoms. The molecule has 4 rings (SSSR count). The zero-order valence-corrected chi connectivity index (χ0v) is 15.9. The minimum Gasteiger partial charge on any atom is -0.461 e. The first-order valence-corrected chi connectivity index (χ1v) is 10.4. The predicted octanol–water partition coefficient (Wildman–Crippen LogP) is 4.40. The molecule has 0 aromatic carbocycles. The highest BCUT2D eigenvalue weighted by Crippen LogP contribution is 2.91. The summed E-state index contributed by atoms with van der Waals surface area (Å²) >= 11 is 0. The third-order valence-electron chi connectivity index (χ3n) is 8.20. The van der Waals surface area contributed by atoms with Crippen LogP contribution in [0.1, 0.15) is 85.0 Å². The molecule has 4 nitrogen and oxygen atoms in total. The first-order valence-electron chi connectivity index (χ1n) is 10.4. The lowest BCUT2D eigenvalue weighted by atomic mass is 9.51. The molecular formula is C21H32O4. The Morgan fingerprint density at radius 3 is 2.28 bits per heavy atom. The summed E-state index contributed by atoms with van der Waals surface area (Å²) in [5.41, 5.74) is 0.0379. The average molecular weight is 348 g/mol. The van der Waals surface area contributed by atoms with Crippen LogP contribution >= 0.6 is 0 Å². The van der Waals surface area contributed by atoms with Gasteiger partial charge in [0.1, 0.15) is 11.7 Å². The van der Waals surface area contributed by atoms with Crippen molar-refractivity contribution in [2.24, 2.45) is 22.7 Å². The molecule has 0 N–H and O–H groups in total. The van der Waals surface area contributed by atoms with Crippen molar-refractivity contribution in [2.45, 2.75) is 96.7 Å². The maximum atomic E-state index is 12.9. The zero-order chi connectivity index (χ0) is 17.9. The number of ether oxygens (including phenoxy) is 2. The van der Waals surface area contributed by atoms with E-state index in [-0.39, 0.29) is 40.9 Å². The Kier molecular flexibility index (Phi) is 3.97. The van der Waals surface area contributed by atoms with Gasteiger partial charge >= 0.3 is 11.9 Å².